The van der Waals surface area contributed by atoms with Gasteiger partial charge in [0.05, 0.1) is 17.3 Å². The highest BCUT2D eigenvalue weighted by molar-refractivity contribution is 6.00. The number of carbonyl (C=O) groups excluding carboxylic acids is 2. The van der Waals surface area contributed by atoms with E-state index in [0.29, 0.717) is 13.0 Å². The number of carbonyl (C=O) groups is 2. The van der Waals surface area contributed by atoms with Crippen LogP contribution < -0.4 is 4.90 Å². The Labute approximate surface area is 189 Å². The number of benzene rings is 2. The highest BCUT2D eigenvalue weighted by atomic mass is 16.6. The van der Waals surface area contributed by atoms with E-state index in [-0.39, 0.29) is 24.6 Å². The Morgan fingerprint density at radius 1 is 1.06 bits per heavy atom. The van der Waals surface area contributed by atoms with Crippen LogP contribution in [0.1, 0.15) is 57.6 Å². The summed E-state index contributed by atoms with van der Waals surface area (Å²) in [7, 11) is 0. The molecule has 5 nitrogen and oxygen atoms in total. The molecule has 2 saturated carbocycles. The Hall–Kier alpha value is -2.66. The second kappa shape index (κ2) is 7.45. The number of ether oxygens (including phenoxy) is 2. The topological polar surface area (TPSA) is 55.8 Å². The third-order valence-corrected chi connectivity index (χ3v) is 8.26. The maximum absolute atomic E-state index is 13.8. The van der Waals surface area contributed by atoms with Gasteiger partial charge in [0.25, 0.3) is 0 Å². The van der Waals surface area contributed by atoms with Crippen molar-refractivity contribution < 1.29 is 19.1 Å². The number of ketones is 1. The van der Waals surface area contributed by atoms with Crippen molar-refractivity contribution in [1.29, 1.82) is 0 Å². The molecule has 2 aromatic rings. The molecule has 32 heavy (non-hydrogen) atoms. The molecule has 2 aromatic carbocycles. The lowest BCUT2D eigenvalue weighted by Gasteiger charge is -2.59. The van der Waals surface area contributed by atoms with Gasteiger partial charge in [-0.1, -0.05) is 62.4 Å². The number of para-hydroxylation sites is 1. The van der Waals surface area contributed by atoms with E-state index < -0.39 is 16.4 Å². The number of amides is 1. The zero-order valence-electron chi connectivity index (χ0n) is 19.1. The van der Waals surface area contributed by atoms with E-state index in [1.54, 1.807) is 0 Å². The molecule has 1 amide bonds. The van der Waals surface area contributed by atoms with Crippen molar-refractivity contribution in [3.8, 4) is 0 Å². The molecule has 1 heterocycles. The van der Waals surface area contributed by atoms with Crippen molar-refractivity contribution in [3.63, 3.8) is 0 Å². The minimum absolute atomic E-state index is 0.155. The monoisotopic (exact) mass is 433 g/mol. The average Bonchev–Trinajstić information content (AvgIpc) is 3.31. The molecule has 0 N–H and O–H groups in total. The number of hydrogen-bond donors (Lipinski definition) is 0. The first-order valence-electron chi connectivity index (χ1n) is 11.7. The van der Waals surface area contributed by atoms with Crippen LogP contribution in [0.15, 0.2) is 54.6 Å². The van der Waals surface area contributed by atoms with Gasteiger partial charge < -0.3 is 9.47 Å². The van der Waals surface area contributed by atoms with Crippen LogP contribution in [0.3, 0.4) is 0 Å². The SMILES string of the molecule is CCO[C@@H]1CC(=O)C(C)(C)[C@@]23CCC[C@@]12c1ccccc1N3C(=O)OCc1ccccc1. The Kier molecular flexibility index (Phi) is 4.93. The summed E-state index contributed by atoms with van der Waals surface area (Å²) in [5.41, 5.74) is 1.08. The second-order valence-electron chi connectivity index (χ2n) is 9.77. The predicted molar refractivity (Wildman–Crippen MR) is 123 cm³/mol. The number of hydrogen-bond acceptors (Lipinski definition) is 4. The van der Waals surface area contributed by atoms with Crippen molar-refractivity contribution in [2.24, 2.45) is 5.41 Å². The Morgan fingerprint density at radius 2 is 1.78 bits per heavy atom. The van der Waals surface area contributed by atoms with Crippen LogP contribution in [-0.4, -0.2) is 30.1 Å². The molecular weight excluding hydrogens is 402 g/mol. The molecule has 5 rings (SSSR count). The van der Waals surface area contributed by atoms with Crippen LogP contribution in [0.4, 0.5) is 10.5 Å². The minimum atomic E-state index is -0.720. The molecule has 0 aromatic heterocycles. The fourth-order valence-electron chi connectivity index (χ4n) is 6.99. The number of rotatable bonds is 4. The highest BCUT2D eigenvalue weighted by Crippen LogP contribution is 2.70. The van der Waals surface area contributed by atoms with Crippen molar-refractivity contribution in [3.05, 3.63) is 65.7 Å². The first-order valence-corrected chi connectivity index (χ1v) is 11.7. The van der Waals surface area contributed by atoms with Gasteiger partial charge in [-0.2, -0.15) is 0 Å². The Balaban J connectivity index is 1.65. The largest absolute Gasteiger partial charge is 0.444 e. The summed E-state index contributed by atoms with van der Waals surface area (Å²) in [4.78, 5) is 29.1. The Bertz CT molecular complexity index is 1050. The summed E-state index contributed by atoms with van der Waals surface area (Å²) < 4.78 is 12.2. The van der Waals surface area contributed by atoms with E-state index in [1.165, 1.54) is 0 Å². The van der Waals surface area contributed by atoms with Gasteiger partial charge in [-0.05, 0) is 43.4 Å². The summed E-state index contributed by atoms with van der Waals surface area (Å²) in [6.07, 6.45) is 2.34. The van der Waals surface area contributed by atoms with E-state index in [1.807, 2.05) is 74.2 Å². The third-order valence-electron chi connectivity index (χ3n) is 8.26. The summed E-state index contributed by atoms with van der Waals surface area (Å²) >= 11 is 0. The van der Waals surface area contributed by atoms with E-state index >= 15 is 0 Å². The quantitative estimate of drug-likeness (QED) is 0.647. The summed E-state index contributed by atoms with van der Waals surface area (Å²) in [6, 6.07) is 17.8. The number of nitrogens with zero attached hydrogens (tertiary/aromatic N) is 1. The molecule has 0 spiro atoms. The van der Waals surface area contributed by atoms with Crippen LogP contribution >= 0.6 is 0 Å². The molecule has 0 saturated heterocycles. The second-order valence-corrected chi connectivity index (χ2v) is 9.77. The maximum Gasteiger partial charge on any atom is 0.415 e. The number of Topliss-reactive ketones (excluding diaryl/α,β-unsaturated/α-hetero) is 1. The summed E-state index contributed by atoms with van der Waals surface area (Å²) in [5.74, 6) is 0.155. The Morgan fingerprint density at radius 3 is 2.53 bits per heavy atom. The van der Waals surface area contributed by atoms with Gasteiger partial charge in [-0.15, -0.1) is 0 Å². The summed E-state index contributed by atoms with van der Waals surface area (Å²) in [6.45, 7) is 6.74. The van der Waals surface area contributed by atoms with Crippen LogP contribution in [-0.2, 0) is 26.3 Å². The molecule has 5 heteroatoms. The molecule has 168 valence electrons. The molecule has 0 bridgehead atoms. The normalized spacial score (nSPS) is 29.9. The van der Waals surface area contributed by atoms with Gasteiger partial charge in [0.1, 0.15) is 12.4 Å². The molecule has 1 aliphatic heterocycles. The van der Waals surface area contributed by atoms with Gasteiger partial charge in [0, 0.05) is 23.9 Å². The molecule has 3 atom stereocenters. The standard InChI is InChI=1S/C27H31NO4/c1-4-31-23-17-22(29)25(2,3)27-16-10-15-26(23,27)20-13-8-9-14-21(20)28(27)24(30)32-18-19-11-6-5-7-12-19/h5-9,11-14,23H,4,10,15-18H2,1-3H3/t23-,26-,27+/m1/s1. The average molecular weight is 434 g/mol. The van der Waals surface area contributed by atoms with Crippen molar-refractivity contribution in [2.45, 2.75) is 70.1 Å². The summed E-state index contributed by atoms with van der Waals surface area (Å²) in [5, 5.41) is 0. The molecular formula is C27H31NO4. The lowest BCUT2D eigenvalue weighted by atomic mass is 9.49. The van der Waals surface area contributed by atoms with Crippen LogP contribution in [0.2, 0.25) is 0 Å². The molecule has 2 aliphatic carbocycles. The highest BCUT2D eigenvalue weighted by Gasteiger charge is 2.77. The van der Waals surface area contributed by atoms with Gasteiger partial charge in [-0.25, -0.2) is 4.79 Å². The molecule has 0 radical (unpaired) electrons. The zero-order chi connectivity index (χ0) is 22.6. The van der Waals surface area contributed by atoms with Crippen molar-refractivity contribution in [2.75, 3.05) is 11.5 Å². The fraction of sp³-hybridized carbons (Fsp3) is 0.481. The lowest BCUT2D eigenvalue weighted by Crippen LogP contribution is -2.73. The number of fused-ring (bicyclic) bond motifs is 1. The van der Waals surface area contributed by atoms with E-state index in [4.69, 9.17) is 9.47 Å². The van der Waals surface area contributed by atoms with E-state index in [9.17, 15) is 9.59 Å². The molecule has 3 aliphatic rings. The van der Waals surface area contributed by atoms with Crippen LogP contribution in [0.5, 0.6) is 0 Å². The van der Waals surface area contributed by atoms with Crippen LogP contribution in [0.25, 0.3) is 0 Å². The van der Waals surface area contributed by atoms with Crippen molar-refractivity contribution in [1.82, 2.24) is 0 Å². The maximum atomic E-state index is 13.8. The fourth-order valence-corrected chi connectivity index (χ4v) is 6.99. The smallest absolute Gasteiger partial charge is 0.415 e. The van der Waals surface area contributed by atoms with E-state index in [2.05, 4.69) is 6.07 Å². The van der Waals surface area contributed by atoms with Crippen molar-refractivity contribution >= 4 is 17.6 Å². The first-order chi connectivity index (χ1) is 15.4. The zero-order valence-corrected chi connectivity index (χ0v) is 19.1. The van der Waals surface area contributed by atoms with Gasteiger partial charge >= 0.3 is 6.09 Å². The minimum Gasteiger partial charge on any atom is -0.444 e. The van der Waals surface area contributed by atoms with E-state index in [0.717, 1.165) is 36.1 Å². The number of anilines is 1. The van der Waals surface area contributed by atoms with Gasteiger partial charge in [-0.3, -0.25) is 9.69 Å². The molecule has 2 fully saturated rings. The van der Waals surface area contributed by atoms with Crippen LogP contribution in [0, 0.1) is 5.41 Å². The third kappa shape index (κ3) is 2.54. The first kappa shape index (κ1) is 21.2. The van der Waals surface area contributed by atoms with Gasteiger partial charge in [0.2, 0.25) is 0 Å². The molecule has 0 unspecified atom stereocenters. The van der Waals surface area contributed by atoms with Gasteiger partial charge in [0.15, 0.2) is 0 Å². The predicted octanol–water partition coefficient (Wildman–Crippen LogP) is 5.41. The lowest BCUT2D eigenvalue weighted by molar-refractivity contribution is -0.150.